The molecule has 30 heavy (non-hydrogen) atoms. The fraction of sp³-hybridized carbons (Fsp3) is 0.150. The molecule has 1 aromatic heterocycles. The van der Waals surface area contributed by atoms with Crippen molar-refractivity contribution in [3.8, 4) is 0 Å². The molecule has 0 aliphatic rings. The summed E-state index contributed by atoms with van der Waals surface area (Å²) < 4.78 is 27.0. The second-order valence-electron chi connectivity index (χ2n) is 6.20. The molecule has 3 rings (SSSR count). The number of hydrogen-bond acceptors (Lipinski definition) is 7. The highest BCUT2D eigenvalue weighted by Gasteiger charge is 2.24. The van der Waals surface area contributed by atoms with Crippen molar-refractivity contribution in [3.63, 3.8) is 0 Å². The zero-order valence-corrected chi connectivity index (χ0v) is 18.6. The van der Waals surface area contributed by atoms with Crippen molar-refractivity contribution < 1.29 is 13.2 Å². The predicted octanol–water partition coefficient (Wildman–Crippen LogP) is 4.03. The quantitative estimate of drug-likeness (QED) is 0.294. The van der Waals surface area contributed by atoms with Crippen LogP contribution >= 0.6 is 23.1 Å². The monoisotopic (exact) mass is 460 g/mol. The molecule has 0 saturated carbocycles. The van der Waals surface area contributed by atoms with Crippen molar-refractivity contribution in [1.82, 2.24) is 10.2 Å². The van der Waals surface area contributed by atoms with Crippen LogP contribution in [0.1, 0.15) is 15.9 Å². The first-order valence-corrected chi connectivity index (χ1v) is 12.5. The topological polar surface area (TPSA) is 92.3 Å². The number of nitrogens with zero attached hydrogens (tertiary/aromatic N) is 3. The number of carbonyl (C=O) groups excluding carboxylic acids is 1. The Morgan fingerprint density at radius 1 is 1.17 bits per heavy atom. The molecule has 0 atom stereocenters. The Kier molecular flexibility index (Phi) is 7.24. The summed E-state index contributed by atoms with van der Waals surface area (Å²) in [7, 11) is -3.64. The number of hydrogen-bond donors (Lipinski definition) is 1. The Balaban J connectivity index is 1.88. The van der Waals surface area contributed by atoms with Gasteiger partial charge in [0.1, 0.15) is 0 Å². The average Bonchev–Trinajstić information content (AvgIpc) is 3.17. The van der Waals surface area contributed by atoms with Crippen LogP contribution in [0, 0.1) is 0 Å². The Morgan fingerprint density at radius 3 is 2.57 bits per heavy atom. The third-order valence-electron chi connectivity index (χ3n) is 3.94. The van der Waals surface area contributed by atoms with Crippen molar-refractivity contribution >= 4 is 49.8 Å². The minimum Gasteiger partial charge on any atom is -0.296 e. The maximum Gasteiger partial charge on any atom is 0.259 e. The van der Waals surface area contributed by atoms with Crippen molar-refractivity contribution in [1.29, 1.82) is 0 Å². The van der Waals surface area contributed by atoms with Gasteiger partial charge in [0.2, 0.25) is 15.2 Å². The molecule has 0 aliphatic carbocycles. The lowest BCUT2D eigenvalue weighted by Gasteiger charge is -2.24. The lowest BCUT2D eigenvalue weighted by atomic mass is 10.1. The molecule has 0 saturated heterocycles. The second kappa shape index (κ2) is 9.88. The van der Waals surface area contributed by atoms with Crippen LogP contribution in [-0.2, 0) is 16.6 Å². The molecule has 0 bridgehead atoms. The summed E-state index contributed by atoms with van der Waals surface area (Å²) >= 11 is 2.71. The number of aromatic nitrogens is 2. The summed E-state index contributed by atoms with van der Waals surface area (Å²) in [5.41, 5.74) is 1.34. The molecule has 1 heterocycles. The number of sulfonamides is 1. The zero-order valence-electron chi connectivity index (χ0n) is 16.2. The second-order valence-corrected chi connectivity index (χ2v) is 10.4. The fourth-order valence-corrected chi connectivity index (χ4v) is 5.03. The SMILES string of the molecule is C=CCSc1nnc(NC(=O)c2ccccc2N(Cc2ccccc2)S(C)(=O)=O)s1. The van der Waals surface area contributed by atoms with E-state index in [0.717, 1.165) is 11.8 Å². The van der Waals surface area contributed by atoms with Crippen LogP contribution in [0.2, 0.25) is 0 Å². The van der Waals surface area contributed by atoms with Gasteiger partial charge in [-0.1, -0.05) is 71.6 Å². The molecule has 0 unspecified atom stereocenters. The lowest BCUT2D eigenvalue weighted by Crippen LogP contribution is -2.31. The fourth-order valence-electron chi connectivity index (χ4n) is 2.63. The Labute approximate surface area is 183 Å². The molecular weight excluding hydrogens is 440 g/mol. The number of amides is 1. The van der Waals surface area contributed by atoms with E-state index in [1.54, 1.807) is 30.3 Å². The molecule has 2 aromatic carbocycles. The van der Waals surface area contributed by atoms with Crippen LogP contribution in [0.15, 0.2) is 71.6 Å². The van der Waals surface area contributed by atoms with Crippen LogP contribution in [0.5, 0.6) is 0 Å². The summed E-state index contributed by atoms with van der Waals surface area (Å²) in [6.45, 7) is 3.77. The van der Waals surface area contributed by atoms with Gasteiger partial charge in [0, 0.05) is 5.75 Å². The number of carbonyl (C=O) groups is 1. The smallest absolute Gasteiger partial charge is 0.259 e. The largest absolute Gasteiger partial charge is 0.296 e. The van der Waals surface area contributed by atoms with E-state index in [1.807, 2.05) is 30.3 Å². The summed E-state index contributed by atoms with van der Waals surface area (Å²) in [6.07, 6.45) is 2.88. The molecule has 156 valence electrons. The van der Waals surface area contributed by atoms with Gasteiger partial charge in [-0.3, -0.25) is 14.4 Å². The van der Waals surface area contributed by atoms with Gasteiger partial charge >= 0.3 is 0 Å². The maximum absolute atomic E-state index is 12.9. The van der Waals surface area contributed by atoms with Crippen LogP contribution < -0.4 is 9.62 Å². The summed E-state index contributed by atoms with van der Waals surface area (Å²) in [6, 6.07) is 15.8. The van der Waals surface area contributed by atoms with E-state index in [0.29, 0.717) is 20.9 Å². The van der Waals surface area contributed by atoms with Crippen molar-refractivity contribution in [3.05, 3.63) is 78.4 Å². The van der Waals surface area contributed by atoms with E-state index in [4.69, 9.17) is 0 Å². The molecule has 10 heteroatoms. The molecule has 0 fully saturated rings. The van der Waals surface area contributed by atoms with E-state index in [1.165, 1.54) is 27.4 Å². The predicted molar refractivity (Wildman–Crippen MR) is 123 cm³/mol. The lowest BCUT2D eigenvalue weighted by molar-refractivity contribution is 0.102. The molecular formula is C20H20N4O3S3. The molecule has 1 amide bonds. The molecule has 0 radical (unpaired) electrons. The number of nitrogens with one attached hydrogen (secondary N) is 1. The minimum absolute atomic E-state index is 0.116. The highest BCUT2D eigenvalue weighted by atomic mass is 32.2. The van der Waals surface area contributed by atoms with Crippen LogP contribution in [0.25, 0.3) is 0 Å². The standard InChI is InChI=1S/C20H20N4O3S3/c1-3-13-28-20-23-22-19(29-20)21-18(25)16-11-7-8-12-17(16)24(30(2,26)27)14-15-9-5-4-6-10-15/h3-12H,1,13-14H2,2H3,(H,21,22,25). The van der Waals surface area contributed by atoms with Gasteiger partial charge in [0.25, 0.3) is 5.91 Å². The van der Waals surface area contributed by atoms with Gasteiger partial charge in [-0.25, -0.2) is 8.42 Å². The number of benzene rings is 2. The van der Waals surface area contributed by atoms with Gasteiger partial charge in [-0.05, 0) is 17.7 Å². The number of para-hydroxylation sites is 1. The van der Waals surface area contributed by atoms with Gasteiger partial charge < -0.3 is 0 Å². The minimum atomic E-state index is -3.64. The Bertz CT molecular complexity index is 1130. The van der Waals surface area contributed by atoms with Crippen molar-refractivity contribution in [2.75, 3.05) is 21.6 Å². The molecule has 1 N–H and O–H groups in total. The van der Waals surface area contributed by atoms with E-state index < -0.39 is 15.9 Å². The maximum atomic E-state index is 12.9. The van der Waals surface area contributed by atoms with E-state index in [9.17, 15) is 13.2 Å². The van der Waals surface area contributed by atoms with Gasteiger partial charge in [0.05, 0.1) is 24.1 Å². The highest BCUT2D eigenvalue weighted by molar-refractivity contribution is 8.01. The first-order chi connectivity index (χ1) is 14.4. The third kappa shape index (κ3) is 5.68. The molecule has 0 aliphatic heterocycles. The van der Waals surface area contributed by atoms with E-state index in [2.05, 4.69) is 22.1 Å². The van der Waals surface area contributed by atoms with Crippen molar-refractivity contribution in [2.24, 2.45) is 0 Å². The summed E-state index contributed by atoms with van der Waals surface area (Å²) in [5.74, 6) is 0.234. The van der Waals surface area contributed by atoms with Crippen LogP contribution in [-0.4, -0.2) is 36.5 Å². The van der Waals surface area contributed by atoms with Gasteiger partial charge in [-0.2, -0.15) is 0 Å². The van der Waals surface area contributed by atoms with Crippen molar-refractivity contribution in [2.45, 2.75) is 10.9 Å². The molecule has 7 nitrogen and oxygen atoms in total. The normalized spacial score (nSPS) is 11.1. The number of thioether (sulfide) groups is 1. The van der Waals surface area contributed by atoms with Crippen LogP contribution in [0.4, 0.5) is 10.8 Å². The van der Waals surface area contributed by atoms with E-state index >= 15 is 0 Å². The Morgan fingerprint density at radius 2 is 1.87 bits per heavy atom. The molecule has 3 aromatic rings. The summed E-state index contributed by atoms with van der Waals surface area (Å²) in [4.78, 5) is 12.9. The average molecular weight is 461 g/mol. The number of anilines is 2. The van der Waals surface area contributed by atoms with Gasteiger partial charge in [-0.15, -0.1) is 16.8 Å². The Hall–Kier alpha value is -2.69. The molecule has 0 spiro atoms. The number of rotatable bonds is 9. The highest BCUT2D eigenvalue weighted by Crippen LogP contribution is 2.28. The van der Waals surface area contributed by atoms with Gasteiger partial charge in [0.15, 0.2) is 4.34 Å². The van der Waals surface area contributed by atoms with Crippen LogP contribution in [0.3, 0.4) is 0 Å². The van der Waals surface area contributed by atoms with E-state index in [-0.39, 0.29) is 12.1 Å². The third-order valence-corrected chi connectivity index (χ3v) is 7.03. The first kappa shape index (κ1) is 22.0. The first-order valence-electron chi connectivity index (χ1n) is 8.87. The zero-order chi connectivity index (χ0) is 21.6. The summed E-state index contributed by atoms with van der Waals surface area (Å²) in [5, 5.41) is 11.0.